The number of likely N-dealkylation sites (N-methyl/N-ethyl adjacent to an activating group) is 1. The van der Waals surface area contributed by atoms with Gasteiger partial charge in [-0.2, -0.15) is 0 Å². The number of benzene rings is 2. The minimum absolute atomic E-state index is 0.0471. The van der Waals surface area contributed by atoms with Crippen molar-refractivity contribution >= 4 is 28.5 Å². The normalized spacial score (nSPS) is 16.0. The highest BCUT2D eigenvalue weighted by Gasteiger charge is 2.35. The maximum absolute atomic E-state index is 13.0. The van der Waals surface area contributed by atoms with Gasteiger partial charge in [0.1, 0.15) is 12.4 Å². The third-order valence-electron chi connectivity index (χ3n) is 6.65. The molecule has 0 spiro atoms. The standard InChI is InChI=1S/C27H34N4O2/c1-4-7-10-20-13-15-22(16-14-20)30-18-21(17-25(30)32)27-28-23-11-8-9-12-24(23)31(27)19-26(33)29(5-2)6-3/h8-9,11-16,21H,4-7,10,17-19H2,1-3H3/t21-/m1/s1. The van der Waals surface area contributed by atoms with E-state index in [1.165, 1.54) is 18.4 Å². The number of aromatic nitrogens is 2. The molecule has 2 aromatic carbocycles. The van der Waals surface area contributed by atoms with Crippen LogP contribution in [0.3, 0.4) is 0 Å². The van der Waals surface area contributed by atoms with E-state index in [1.54, 1.807) is 0 Å². The first-order valence-corrected chi connectivity index (χ1v) is 12.2. The number of fused-ring (bicyclic) bond motifs is 1. The van der Waals surface area contributed by atoms with Crippen LogP contribution in [0.1, 0.15) is 57.3 Å². The number of rotatable bonds is 9. The van der Waals surface area contributed by atoms with Crippen LogP contribution < -0.4 is 4.90 Å². The Morgan fingerprint density at radius 3 is 2.48 bits per heavy atom. The zero-order valence-electron chi connectivity index (χ0n) is 20.0. The first-order valence-electron chi connectivity index (χ1n) is 12.2. The van der Waals surface area contributed by atoms with Gasteiger partial charge in [-0.05, 0) is 56.5 Å². The quantitative estimate of drug-likeness (QED) is 0.476. The Balaban J connectivity index is 1.60. The molecule has 6 nitrogen and oxygen atoms in total. The van der Waals surface area contributed by atoms with E-state index in [4.69, 9.17) is 4.98 Å². The molecule has 0 radical (unpaired) electrons. The SMILES string of the molecule is CCCCc1ccc(N2C[C@H](c3nc4ccccc4n3CC(=O)N(CC)CC)CC2=O)cc1. The molecule has 1 aromatic heterocycles. The number of hydrogen-bond donors (Lipinski definition) is 0. The number of imidazole rings is 1. The Morgan fingerprint density at radius 1 is 1.06 bits per heavy atom. The third kappa shape index (κ3) is 4.80. The van der Waals surface area contributed by atoms with Gasteiger partial charge >= 0.3 is 0 Å². The van der Waals surface area contributed by atoms with Gasteiger partial charge in [0.15, 0.2) is 0 Å². The summed E-state index contributed by atoms with van der Waals surface area (Å²) in [6.07, 6.45) is 3.82. The van der Waals surface area contributed by atoms with Crippen molar-refractivity contribution in [3.63, 3.8) is 0 Å². The molecule has 0 unspecified atom stereocenters. The van der Waals surface area contributed by atoms with Crippen LogP contribution in [0.15, 0.2) is 48.5 Å². The van der Waals surface area contributed by atoms with E-state index in [0.717, 1.165) is 29.0 Å². The summed E-state index contributed by atoms with van der Waals surface area (Å²) in [7, 11) is 0. The number of amides is 2. The van der Waals surface area contributed by atoms with Gasteiger partial charge in [-0.3, -0.25) is 9.59 Å². The van der Waals surface area contributed by atoms with Gasteiger partial charge in [0.25, 0.3) is 0 Å². The molecule has 2 heterocycles. The summed E-state index contributed by atoms with van der Waals surface area (Å²) in [6.45, 7) is 8.37. The molecule has 1 aliphatic heterocycles. The highest BCUT2D eigenvalue weighted by atomic mass is 16.2. The average Bonchev–Trinajstić information content (AvgIpc) is 3.39. The summed E-state index contributed by atoms with van der Waals surface area (Å²) in [5.74, 6) is 0.963. The number of unbranched alkanes of at least 4 members (excludes halogenated alkanes) is 1. The van der Waals surface area contributed by atoms with Gasteiger partial charge in [-0.1, -0.05) is 37.6 Å². The molecule has 0 N–H and O–H groups in total. The minimum Gasteiger partial charge on any atom is -0.342 e. The molecular weight excluding hydrogens is 412 g/mol. The van der Waals surface area contributed by atoms with Crippen molar-refractivity contribution in [2.24, 2.45) is 0 Å². The van der Waals surface area contributed by atoms with Crippen molar-refractivity contribution in [2.75, 3.05) is 24.5 Å². The minimum atomic E-state index is -0.0471. The van der Waals surface area contributed by atoms with Gasteiger partial charge in [0.2, 0.25) is 11.8 Å². The summed E-state index contributed by atoms with van der Waals surface area (Å²) in [5.41, 5.74) is 4.05. The molecule has 0 saturated carbocycles. The number of carbonyl (C=O) groups is 2. The van der Waals surface area contributed by atoms with Crippen molar-refractivity contribution in [2.45, 2.75) is 58.9 Å². The number of anilines is 1. The van der Waals surface area contributed by atoms with Crippen LogP contribution in [0.5, 0.6) is 0 Å². The molecule has 3 aromatic rings. The number of carbonyl (C=O) groups excluding carboxylic acids is 2. The molecule has 2 amide bonds. The topological polar surface area (TPSA) is 58.4 Å². The summed E-state index contributed by atoms with van der Waals surface area (Å²) >= 11 is 0. The van der Waals surface area contributed by atoms with Crippen LogP contribution in [0, 0.1) is 0 Å². The van der Waals surface area contributed by atoms with E-state index in [0.29, 0.717) is 26.1 Å². The van der Waals surface area contributed by atoms with Gasteiger partial charge in [0.05, 0.1) is 11.0 Å². The Bertz CT molecular complexity index is 1110. The van der Waals surface area contributed by atoms with Crippen LogP contribution in [-0.2, 0) is 22.6 Å². The first kappa shape index (κ1) is 23.0. The second kappa shape index (κ2) is 10.2. The molecule has 6 heteroatoms. The van der Waals surface area contributed by atoms with Crippen molar-refractivity contribution in [3.05, 3.63) is 59.9 Å². The lowest BCUT2D eigenvalue weighted by molar-refractivity contribution is -0.131. The summed E-state index contributed by atoms with van der Waals surface area (Å²) in [4.78, 5) is 34.5. The largest absolute Gasteiger partial charge is 0.342 e. The fraction of sp³-hybridized carbons (Fsp3) is 0.444. The Hall–Kier alpha value is -3.15. The van der Waals surface area contributed by atoms with Gasteiger partial charge in [-0.25, -0.2) is 4.98 Å². The monoisotopic (exact) mass is 446 g/mol. The summed E-state index contributed by atoms with van der Waals surface area (Å²) in [6, 6.07) is 16.3. The maximum atomic E-state index is 13.0. The average molecular weight is 447 g/mol. The van der Waals surface area contributed by atoms with Crippen molar-refractivity contribution in [3.8, 4) is 0 Å². The lowest BCUT2D eigenvalue weighted by Gasteiger charge is -2.21. The van der Waals surface area contributed by atoms with Crippen LogP contribution in [0.25, 0.3) is 11.0 Å². The van der Waals surface area contributed by atoms with E-state index in [-0.39, 0.29) is 24.3 Å². The molecule has 1 aliphatic rings. The van der Waals surface area contributed by atoms with Crippen molar-refractivity contribution in [1.82, 2.24) is 14.5 Å². The predicted octanol–water partition coefficient (Wildman–Crippen LogP) is 4.77. The highest BCUT2D eigenvalue weighted by Crippen LogP contribution is 2.33. The van der Waals surface area contributed by atoms with Gasteiger partial charge < -0.3 is 14.4 Å². The van der Waals surface area contributed by atoms with Crippen molar-refractivity contribution < 1.29 is 9.59 Å². The number of para-hydroxylation sites is 2. The van der Waals surface area contributed by atoms with Gasteiger partial charge in [-0.15, -0.1) is 0 Å². The van der Waals surface area contributed by atoms with Crippen LogP contribution >= 0.6 is 0 Å². The van der Waals surface area contributed by atoms with E-state index in [2.05, 4.69) is 31.2 Å². The molecule has 1 atom stereocenters. The molecule has 1 fully saturated rings. The Kier molecular flexibility index (Phi) is 7.11. The van der Waals surface area contributed by atoms with Gasteiger partial charge in [0, 0.05) is 37.7 Å². The van der Waals surface area contributed by atoms with E-state index >= 15 is 0 Å². The molecular formula is C27H34N4O2. The number of hydrogen-bond acceptors (Lipinski definition) is 3. The second-order valence-electron chi connectivity index (χ2n) is 8.79. The summed E-state index contributed by atoms with van der Waals surface area (Å²) in [5, 5.41) is 0. The maximum Gasteiger partial charge on any atom is 0.242 e. The molecule has 174 valence electrons. The smallest absolute Gasteiger partial charge is 0.242 e. The molecule has 1 saturated heterocycles. The fourth-order valence-corrected chi connectivity index (χ4v) is 4.74. The Labute approximate surface area is 196 Å². The zero-order valence-corrected chi connectivity index (χ0v) is 20.0. The second-order valence-corrected chi connectivity index (χ2v) is 8.79. The van der Waals surface area contributed by atoms with E-state index in [9.17, 15) is 9.59 Å². The molecule has 4 rings (SSSR count). The fourth-order valence-electron chi connectivity index (χ4n) is 4.74. The summed E-state index contributed by atoms with van der Waals surface area (Å²) < 4.78 is 2.02. The molecule has 33 heavy (non-hydrogen) atoms. The van der Waals surface area contributed by atoms with Crippen LogP contribution in [0.2, 0.25) is 0 Å². The lowest BCUT2D eigenvalue weighted by atomic mass is 10.1. The molecule has 0 bridgehead atoms. The first-order chi connectivity index (χ1) is 16.0. The van der Waals surface area contributed by atoms with Crippen molar-refractivity contribution in [1.29, 1.82) is 0 Å². The Morgan fingerprint density at radius 2 is 1.79 bits per heavy atom. The molecule has 0 aliphatic carbocycles. The van der Waals surface area contributed by atoms with Crippen LogP contribution in [0.4, 0.5) is 5.69 Å². The lowest BCUT2D eigenvalue weighted by Crippen LogP contribution is -2.34. The van der Waals surface area contributed by atoms with E-state index in [1.807, 2.05) is 52.5 Å². The third-order valence-corrected chi connectivity index (χ3v) is 6.65. The number of nitrogens with zero attached hydrogens (tertiary/aromatic N) is 4. The highest BCUT2D eigenvalue weighted by molar-refractivity contribution is 5.96. The predicted molar refractivity (Wildman–Crippen MR) is 132 cm³/mol. The van der Waals surface area contributed by atoms with Crippen LogP contribution in [-0.4, -0.2) is 45.9 Å². The zero-order chi connectivity index (χ0) is 23.4. The number of aryl methyl sites for hydroxylation is 1. The van der Waals surface area contributed by atoms with E-state index < -0.39 is 0 Å².